The summed E-state index contributed by atoms with van der Waals surface area (Å²) in [6.45, 7) is 0.961. The van der Waals surface area contributed by atoms with E-state index in [1.165, 1.54) is 6.42 Å². The van der Waals surface area contributed by atoms with Gasteiger partial charge in [0.25, 0.3) is 0 Å². The fourth-order valence-electron chi connectivity index (χ4n) is 2.07. The lowest BCUT2D eigenvalue weighted by atomic mass is 9.99. The molecule has 0 saturated carbocycles. The summed E-state index contributed by atoms with van der Waals surface area (Å²) in [5, 5.41) is 3.31. The van der Waals surface area contributed by atoms with Crippen molar-refractivity contribution >= 4 is 11.9 Å². The molecule has 0 unspecified atom stereocenters. The van der Waals surface area contributed by atoms with E-state index in [4.69, 9.17) is 4.74 Å². The number of ether oxygens (including phenoxy) is 1. The fraction of sp³-hybridized carbons (Fsp3) is 0.357. The summed E-state index contributed by atoms with van der Waals surface area (Å²) in [7, 11) is 1.64. The maximum absolute atomic E-state index is 11.2. The first kappa shape index (κ1) is 11.7. The van der Waals surface area contributed by atoms with E-state index < -0.39 is 0 Å². The summed E-state index contributed by atoms with van der Waals surface area (Å²) in [6.07, 6.45) is 4.23. The van der Waals surface area contributed by atoms with Crippen LogP contribution in [-0.4, -0.2) is 19.9 Å². The number of carbonyl (C=O) groups excluding carboxylic acids is 1. The minimum atomic E-state index is 0.771. The molecule has 0 spiro atoms. The number of piperidine rings is 1. The van der Waals surface area contributed by atoms with Gasteiger partial charge in [-0.3, -0.25) is 4.79 Å². The number of carbonyl (C=O) groups is 1. The van der Waals surface area contributed by atoms with Gasteiger partial charge >= 0.3 is 0 Å². The highest BCUT2D eigenvalue weighted by Crippen LogP contribution is 2.23. The Morgan fingerprint density at radius 3 is 2.59 bits per heavy atom. The smallest absolute Gasteiger partial charge is 0.152 e. The Kier molecular flexibility index (Phi) is 3.81. The minimum absolute atomic E-state index is 0.771. The zero-order valence-corrected chi connectivity index (χ0v) is 10.0. The van der Waals surface area contributed by atoms with Crippen LogP contribution < -0.4 is 10.1 Å². The molecular formula is C14H17NO2. The molecule has 0 radical (unpaired) electrons. The van der Waals surface area contributed by atoms with Gasteiger partial charge in [-0.05, 0) is 37.0 Å². The molecule has 0 aromatic heterocycles. The highest BCUT2D eigenvalue weighted by molar-refractivity contribution is 6.08. The summed E-state index contributed by atoms with van der Waals surface area (Å²) in [4.78, 5) is 11.2. The van der Waals surface area contributed by atoms with Crippen molar-refractivity contribution in [2.45, 2.75) is 19.3 Å². The van der Waals surface area contributed by atoms with Gasteiger partial charge in [-0.2, -0.15) is 0 Å². The molecule has 0 amide bonds. The van der Waals surface area contributed by atoms with Crippen molar-refractivity contribution in [3.63, 3.8) is 0 Å². The van der Waals surface area contributed by atoms with Gasteiger partial charge < -0.3 is 10.1 Å². The van der Waals surface area contributed by atoms with E-state index in [-0.39, 0.29) is 0 Å². The van der Waals surface area contributed by atoms with Gasteiger partial charge in [-0.1, -0.05) is 12.1 Å². The monoisotopic (exact) mass is 231 g/mol. The van der Waals surface area contributed by atoms with E-state index in [0.717, 1.165) is 48.3 Å². The lowest BCUT2D eigenvalue weighted by molar-refractivity contribution is -0.103. The van der Waals surface area contributed by atoms with E-state index in [0.29, 0.717) is 0 Å². The van der Waals surface area contributed by atoms with Crippen LogP contribution in [0.1, 0.15) is 24.8 Å². The number of allylic oxidation sites excluding steroid dienone is 2. The molecule has 1 N–H and O–H groups in total. The Hall–Kier alpha value is -1.77. The van der Waals surface area contributed by atoms with E-state index in [1.54, 1.807) is 7.11 Å². The Labute approximate surface area is 101 Å². The maximum atomic E-state index is 11.2. The molecule has 3 heteroatoms. The summed E-state index contributed by atoms with van der Waals surface area (Å²) in [6, 6.07) is 7.60. The van der Waals surface area contributed by atoms with Crippen LogP contribution in [-0.2, 0) is 4.79 Å². The molecule has 1 aromatic rings. The van der Waals surface area contributed by atoms with Crippen LogP contribution in [0.5, 0.6) is 5.75 Å². The summed E-state index contributed by atoms with van der Waals surface area (Å²) in [5.41, 5.74) is 2.79. The predicted octanol–water partition coefficient (Wildman–Crippen LogP) is 2.38. The predicted molar refractivity (Wildman–Crippen MR) is 67.8 cm³/mol. The van der Waals surface area contributed by atoms with Gasteiger partial charge in [-0.25, -0.2) is 0 Å². The van der Waals surface area contributed by atoms with Crippen molar-refractivity contribution in [2.24, 2.45) is 0 Å². The Balaban J connectivity index is 2.30. The van der Waals surface area contributed by atoms with Gasteiger partial charge in [-0.15, -0.1) is 0 Å². The lowest BCUT2D eigenvalue weighted by Crippen LogP contribution is -2.21. The van der Waals surface area contributed by atoms with Crippen molar-refractivity contribution in [1.29, 1.82) is 0 Å². The summed E-state index contributed by atoms with van der Waals surface area (Å²) in [5.74, 6) is 0.806. The SMILES string of the molecule is COc1ccc(/C(C=O)=C2\CCCCN2)cc1. The van der Waals surface area contributed by atoms with Gasteiger partial charge in [0.05, 0.1) is 7.11 Å². The molecular weight excluding hydrogens is 214 g/mol. The molecule has 1 aliphatic heterocycles. The molecule has 2 rings (SSSR count). The molecule has 0 atom stereocenters. The van der Waals surface area contributed by atoms with Crippen LogP contribution in [0.15, 0.2) is 30.0 Å². The largest absolute Gasteiger partial charge is 0.497 e. The number of benzene rings is 1. The molecule has 1 aliphatic rings. The first-order valence-corrected chi connectivity index (χ1v) is 5.92. The van der Waals surface area contributed by atoms with Gasteiger partial charge in [0.2, 0.25) is 0 Å². The van der Waals surface area contributed by atoms with Crippen molar-refractivity contribution < 1.29 is 9.53 Å². The third-order valence-electron chi connectivity index (χ3n) is 3.04. The van der Waals surface area contributed by atoms with Crippen LogP contribution in [0.25, 0.3) is 5.57 Å². The first-order valence-electron chi connectivity index (χ1n) is 5.92. The second-order valence-corrected chi connectivity index (χ2v) is 4.12. The fourth-order valence-corrected chi connectivity index (χ4v) is 2.07. The van der Waals surface area contributed by atoms with Crippen LogP contribution in [0.3, 0.4) is 0 Å². The number of rotatable bonds is 3. The maximum Gasteiger partial charge on any atom is 0.152 e. The normalized spacial score (nSPS) is 18.2. The van der Waals surface area contributed by atoms with E-state index in [9.17, 15) is 4.79 Å². The zero-order valence-electron chi connectivity index (χ0n) is 10.0. The lowest BCUT2D eigenvalue weighted by Gasteiger charge is -2.19. The number of hydrogen-bond acceptors (Lipinski definition) is 3. The summed E-state index contributed by atoms with van der Waals surface area (Å²) < 4.78 is 5.11. The Morgan fingerprint density at radius 1 is 1.29 bits per heavy atom. The average Bonchev–Trinajstić information content (AvgIpc) is 2.42. The van der Waals surface area contributed by atoms with Gasteiger partial charge in [0.15, 0.2) is 6.29 Å². The second-order valence-electron chi connectivity index (χ2n) is 4.12. The molecule has 1 heterocycles. The highest BCUT2D eigenvalue weighted by Gasteiger charge is 2.11. The summed E-state index contributed by atoms with van der Waals surface area (Å²) >= 11 is 0. The van der Waals surface area contributed by atoms with Crippen LogP contribution in [0.4, 0.5) is 0 Å². The molecule has 17 heavy (non-hydrogen) atoms. The van der Waals surface area contributed by atoms with Gasteiger partial charge in [0, 0.05) is 17.8 Å². The number of methoxy groups -OCH3 is 1. The van der Waals surface area contributed by atoms with Crippen molar-refractivity contribution in [2.75, 3.05) is 13.7 Å². The third kappa shape index (κ3) is 2.67. The number of nitrogens with one attached hydrogen (secondary N) is 1. The van der Waals surface area contributed by atoms with E-state index in [2.05, 4.69) is 5.32 Å². The molecule has 90 valence electrons. The third-order valence-corrected chi connectivity index (χ3v) is 3.04. The molecule has 1 aromatic carbocycles. The first-order chi connectivity index (χ1) is 8.35. The number of aldehydes is 1. The molecule has 3 nitrogen and oxygen atoms in total. The minimum Gasteiger partial charge on any atom is -0.497 e. The average molecular weight is 231 g/mol. The zero-order chi connectivity index (χ0) is 12.1. The quantitative estimate of drug-likeness (QED) is 0.641. The van der Waals surface area contributed by atoms with Crippen molar-refractivity contribution in [1.82, 2.24) is 5.32 Å². The Morgan fingerprint density at radius 2 is 2.06 bits per heavy atom. The standard InChI is InChI=1S/C14H17NO2/c1-17-12-7-5-11(6-8-12)13(10-16)14-4-2-3-9-15-14/h5-8,10,15H,2-4,9H2,1H3/b14-13+. The van der Waals surface area contributed by atoms with E-state index in [1.807, 2.05) is 24.3 Å². The van der Waals surface area contributed by atoms with Gasteiger partial charge in [0.1, 0.15) is 5.75 Å². The van der Waals surface area contributed by atoms with Crippen LogP contribution in [0.2, 0.25) is 0 Å². The molecule has 1 saturated heterocycles. The number of hydrogen-bond donors (Lipinski definition) is 1. The topological polar surface area (TPSA) is 38.3 Å². The van der Waals surface area contributed by atoms with E-state index >= 15 is 0 Å². The molecule has 0 bridgehead atoms. The molecule has 0 aliphatic carbocycles. The highest BCUT2D eigenvalue weighted by atomic mass is 16.5. The van der Waals surface area contributed by atoms with Crippen molar-refractivity contribution in [3.8, 4) is 5.75 Å². The second kappa shape index (κ2) is 5.53. The van der Waals surface area contributed by atoms with Crippen molar-refractivity contribution in [3.05, 3.63) is 35.5 Å². The van der Waals surface area contributed by atoms with Crippen LogP contribution in [0, 0.1) is 0 Å². The molecule has 1 fully saturated rings. The van der Waals surface area contributed by atoms with Crippen LogP contribution >= 0.6 is 0 Å². The Bertz CT molecular complexity index is 412.